The first-order valence-electron chi connectivity index (χ1n) is 11.3. The Hall–Kier alpha value is -2.14. The summed E-state index contributed by atoms with van der Waals surface area (Å²) in [7, 11) is 0. The predicted molar refractivity (Wildman–Crippen MR) is 110 cm³/mol. The monoisotopic (exact) mass is 391 g/mol. The van der Waals surface area contributed by atoms with Crippen molar-refractivity contribution in [3.8, 4) is 0 Å². The maximum absolute atomic E-state index is 13.1. The van der Waals surface area contributed by atoms with Crippen LogP contribution >= 0.6 is 0 Å². The van der Waals surface area contributed by atoms with Crippen molar-refractivity contribution in [3.63, 3.8) is 0 Å². The summed E-state index contributed by atoms with van der Waals surface area (Å²) in [4.78, 5) is 17.9. The number of hydrogen-bond acceptors (Lipinski definition) is 4. The van der Waals surface area contributed by atoms with Crippen LogP contribution in [0.3, 0.4) is 0 Å². The SMILES string of the molecule is O=C(c1cc(C2CC2)no1)N1C[C@@H]2C[C@H](C1)[C@@H]1CCC[C@H](c3ccccc3)N1C2. The molecule has 4 heterocycles. The van der Waals surface area contributed by atoms with Crippen molar-refractivity contribution in [1.82, 2.24) is 15.0 Å². The lowest BCUT2D eigenvalue weighted by Crippen LogP contribution is -2.60. The van der Waals surface area contributed by atoms with Crippen LogP contribution in [0, 0.1) is 11.8 Å². The molecule has 0 spiro atoms. The summed E-state index contributed by atoms with van der Waals surface area (Å²) in [5.41, 5.74) is 2.43. The maximum atomic E-state index is 13.1. The zero-order chi connectivity index (χ0) is 19.4. The lowest BCUT2D eigenvalue weighted by molar-refractivity contribution is -0.0517. The third-order valence-electron chi connectivity index (χ3n) is 7.59. The van der Waals surface area contributed by atoms with Crippen molar-refractivity contribution >= 4 is 5.91 Å². The molecule has 5 heteroatoms. The Morgan fingerprint density at radius 3 is 2.72 bits per heavy atom. The first kappa shape index (κ1) is 17.7. The van der Waals surface area contributed by atoms with E-state index in [1.807, 2.05) is 6.07 Å². The number of benzene rings is 1. The van der Waals surface area contributed by atoms with Gasteiger partial charge in [0.25, 0.3) is 5.91 Å². The molecular weight excluding hydrogens is 362 g/mol. The summed E-state index contributed by atoms with van der Waals surface area (Å²) in [5, 5.41) is 4.14. The number of fused-ring (bicyclic) bond motifs is 4. The number of likely N-dealkylation sites (tertiary alicyclic amines) is 1. The van der Waals surface area contributed by atoms with Crippen LogP contribution in [0.5, 0.6) is 0 Å². The van der Waals surface area contributed by atoms with Crippen molar-refractivity contribution < 1.29 is 9.32 Å². The van der Waals surface area contributed by atoms with Gasteiger partial charge in [-0.15, -0.1) is 0 Å². The van der Waals surface area contributed by atoms with E-state index in [9.17, 15) is 4.79 Å². The van der Waals surface area contributed by atoms with E-state index in [0.29, 0.717) is 35.6 Å². The molecule has 5 nitrogen and oxygen atoms in total. The van der Waals surface area contributed by atoms with E-state index in [1.54, 1.807) is 0 Å². The van der Waals surface area contributed by atoms with Crippen LogP contribution < -0.4 is 0 Å². The zero-order valence-electron chi connectivity index (χ0n) is 16.9. The molecule has 29 heavy (non-hydrogen) atoms. The average molecular weight is 392 g/mol. The Kier molecular flexibility index (Phi) is 4.26. The second-order valence-electron chi connectivity index (χ2n) is 9.58. The largest absolute Gasteiger partial charge is 0.351 e. The van der Waals surface area contributed by atoms with Crippen LogP contribution in [-0.4, -0.2) is 46.5 Å². The molecule has 1 aromatic heterocycles. The summed E-state index contributed by atoms with van der Waals surface area (Å²) in [5.74, 6) is 2.14. The highest BCUT2D eigenvalue weighted by molar-refractivity contribution is 5.91. The molecule has 2 aromatic rings. The minimum atomic E-state index is 0.0444. The molecule has 1 amide bonds. The van der Waals surface area contributed by atoms with Crippen LogP contribution in [0.25, 0.3) is 0 Å². The molecule has 0 radical (unpaired) electrons. The average Bonchev–Trinajstić information content (AvgIpc) is 3.50. The third-order valence-corrected chi connectivity index (χ3v) is 7.59. The predicted octanol–water partition coefficient (Wildman–Crippen LogP) is 4.24. The van der Waals surface area contributed by atoms with Gasteiger partial charge in [0.2, 0.25) is 5.76 Å². The summed E-state index contributed by atoms with van der Waals surface area (Å²) < 4.78 is 5.43. The quantitative estimate of drug-likeness (QED) is 0.785. The van der Waals surface area contributed by atoms with Crippen LogP contribution in [-0.2, 0) is 0 Å². The normalized spacial score (nSPS) is 32.1. The number of nitrogens with zero attached hydrogens (tertiary/aromatic N) is 3. The highest BCUT2D eigenvalue weighted by atomic mass is 16.5. The van der Waals surface area contributed by atoms with Gasteiger partial charge in [0.15, 0.2) is 0 Å². The molecule has 1 saturated carbocycles. The number of piperidine rings is 3. The van der Waals surface area contributed by atoms with Gasteiger partial charge in [-0.2, -0.15) is 0 Å². The van der Waals surface area contributed by atoms with Gasteiger partial charge >= 0.3 is 0 Å². The lowest BCUT2D eigenvalue weighted by Gasteiger charge is -2.55. The van der Waals surface area contributed by atoms with Crippen LogP contribution in [0.2, 0.25) is 0 Å². The summed E-state index contributed by atoms with van der Waals surface area (Å²) in [6.45, 7) is 2.81. The smallest absolute Gasteiger partial charge is 0.292 e. The molecule has 6 rings (SSSR count). The molecule has 0 unspecified atom stereocenters. The van der Waals surface area contributed by atoms with Crippen LogP contribution in [0.4, 0.5) is 0 Å². The first-order valence-corrected chi connectivity index (χ1v) is 11.3. The minimum Gasteiger partial charge on any atom is -0.351 e. The maximum Gasteiger partial charge on any atom is 0.292 e. The molecule has 4 fully saturated rings. The number of carbonyl (C=O) groups excluding carboxylic acids is 1. The molecule has 3 aliphatic heterocycles. The molecule has 3 saturated heterocycles. The van der Waals surface area contributed by atoms with E-state index < -0.39 is 0 Å². The third kappa shape index (κ3) is 3.20. The van der Waals surface area contributed by atoms with E-state index >= 15 is 0 Å². The fourth-order valence-corrected chi connectivity index (χ4v) is 6.12. The number of carbonyl (C=O) groups is 1. The summed E-state index contributed by atoms with van der Waals surface area (Å²) >= 11 is 0. The lowest BCUT2D eigenvalue weighted by atomic mass is 9.74. The van der Waals surface area contributed by atoms with Crippen molar-refractivity contribution in [2.75, 3.05) is 19.6 Å². The first-order chi connectivity index (χ1) is 14.3. The van der Waals surface area contributed by atoms with Crippen molar-refractivity contribution in [3.05, 3.63) is 53.4 Å². The molecule has 0 N–H and O–H groups in total. The Bertz CT molecular complexity index is 891. The second kappa shape index (κ2) is 6.98. The van der Waals surface area contributed by atoms with Crippen LogP contribution in [0.1, 0.15) is 72.3 Å². The molecule has 4 aliphatic rings. The highest BCUT2D eigenvalue weighted by Gasteiger charge is 2.46. The Morgan fingerprint density at radius 1 is 1.03 bits per heavy atom. The van der Waals surface area contributed by atoms with Crippen molar-refractivity contribution in [2.45, 2.75) is 56.5 Å². The minimum absolute atomic E-state index is 0.0444. The Balaban J connectivity index is 1.20. The van der Waals surface area contributed by atoms with Crippen molar-refractivity contribution in [1.29, 1.82) is 0 Å². The molecule has 1 aliphatic carbocycles. The molecular formula is C24H29N3O2. The van der Waals surface area contributed by atoms with Gasteiger partial charge in [0.05, 0.1) is 5.69 Å². The topological polar surface area (TPSA) is 49.6 Å². The van der Waals surface area contributed by atoms with Crippen molar-refractivity contribution in [2.24, 2.45) is 11.8 Å². The Labute approximate surface area is 172 Å². The van der Waals surface area contributed by atoms with Gasteiger partial charge in [0, 0.05) is 43.7 Å². The molecule has 152 valence electrons. The number of hydrogen-bond donors (Lipinski definition) is 0. The fraction of sp³-hybridized carbons (Fsp3) is 0.583. The van der Waals surface area contributed by atoms with E-state index in [2.05, 4.69) is 45.3 Å². The molecule has 2 bridgehead atoms. The molecule has 1 aromatic carbocycles. The van der Waals surface area contributed by atoms with E-state index in [-0.39, 0.29) is 5.91 Å². The van der Waals surface area contributed by atoms with E-state index in [4.69, 9.17) is 4.52 Å². The standard InChI is InChI=1S/C24H29N3O2/c28-24(23-12-20(25-29-23)17-9-10-17)26-13-16-11-19(15-26)22-8-4-7-21(27(22)14-16)18-5-2-1-3-6-18/h1-3,5-6,12,16-17,19,21-22H,4,7-11,13-15H2/t16-,19+,21+,22-/m0/s1. The van der Waals surface area contributed by atoms with Gasteiger partial charge in [-0.1, -0.05) is 35.5 Å². The summed E-state index contributed by atoms with van der Waals surface area (Å²) in [6, 6.07) is 14.0. The van der Waals surface area contributed by atoms with Gasteiger partial charge in [-0.05, 0) is 55.9 Å². The van der Waals surface area contributed by atoms with Gasteiger partial charge in [0.1, 0.15) is 0 Å². The highest BCUT2D eigenvalue weighted by Crippen LogP contribution is 2.45. The zero-order valence-corrected chi connectivity index (χ0v) is 16.9. The second-order valence-corrected chi connectivity index (χ2v) is 9.58. The van der Waals surface area contributed by atoms with E-state index in [0.717, 1.165) is 25.3 Å². The van der Waals surface area contributed by atoms with Gasteiger partial charge in [-0.3, -0.25) is 9.69 Å². The van der Waals surface area contributed by atoms with Gasteiger partial charge < -0.3 is 9.42 Å². The number of rotatable bonds is 3. The van der Waals surface area contributed by atoms with E-state index in [1.165, 1.54) is 44.1 Å². The van der Waals surface area contributed by atoms with Gasteiger partial charge in [-0.25, -0.2) is 0 Å². The van der Waals surface area contributed by atoms with Crippen LogP contribution in [0.15, 0.2) is 40.9 Å². The molecule has 4 atom stereocenters. The number of aromatic nitrogens is 1. The Morgan fingerprint density at radius 2 is 1.90 bits per heavy atom. The number of amides is 1. The fourth-order valence-electron chi connectivity index (χ4n) is 6.12. The summed E-state index contributed by atoms with van der Waals surface area (Å²) in [6.07, 6.45) is 7.41.